The van der Waals surface area contributed by atoms with Gasteiger partial charge in [-0.15, -0.1) is 0 Å². The van der Waals surface area contributed by atoms with Crippen molar-refractivity contribution in [3.8, 4) is 0 Å². The molecule has 2 aromatic rings. The van der Waals surface area contributed by atoms with Crippen LogP contribution in [0.2, 0.25) is 0 Å². The Kier molecular flexibility index (Phi) is 2.80. The first-order valence-corrected chi connectivity index (χ1v) is 6.31. The number of benzene rings is 1. The summed E-state index contributed by atoms with van der Waals surface area (Å²) >= 11 is 0. The summed E-state index contributed by atoms with van der Waals surface area (Å²) in [5.41, 5.74) is 1.93. The molecule has 0 unspecified atom stereocenters. The Morgan fingerprint density at radius 2 is 1.94 bits per heavy atom. The highest BCUT2D eigenvalue weighted by Crippen LogP contribution is 2.30. The molecule has 1 aliphatic heterocycles. The number of nitrogens with zero attached hydrogens (tertiary/aromatic N) is 2. The average Bonchev–Trinajstić information content (AvgIpc) is 2.73. The molecule has 1 aromatic heterocycles. The number of fused-ring (bicyclic) bond motifs is 1. The van der Waals surface area contributed by atoms with E-state index >= 15 is 0 Å². The Bertz CT molecular complexity index is 582. The first-order chi connectivity index (χ1) is 8.83. The maximum absolute atomic E-state index is 11.4. The number of aldehydes is 1. The molecular formula is C14H17N3O. The van der Waals surface area contributed by atoms with Crippen molar-refractivity contribution in [3.63, 3.8) is 0 Å². The number of carbonyl (C=O) groups is 1. The van der Waals surface area contributed by atoms with Gasteiger partial charge in [0.25, 0.3) is 0 Å². The van der Waals surface area contributed by atoms with Crippen LogP contribution in [-0.2, 0) is 7.05 Å². The van der Waals surface area contributed by atoms with Crippen LogP contribution in [0.3, 0.4) is 0 Å². The molecule has 3 rings (SSSR count). The Hall–Kier alpha value is -1.81. The Labute approximate surface area is 106 Å². The monoisotopic (exact) mass is 243 g/mol. The predicted octanol–water partition coefficient (Wildman–Crippen LogP) is 1.40. The van der Waals surface area contributed by atoms with Crippen LogP contribution < -0.4 is 10.2 Å². The zero-order chi connectivity index (χ0) is 12.5. The smallest absolute Gasteiger partial charge is 0.154 e. The molecule has 0 radical (unpaired) electrons. The van der Waals surface area contributed by atoms with E-state index in [1.807, 2.05) is 25.2 Å². The molecule has 0 spiro atoms. The van der Waals surface area contributed by atoms with Crippen molar-refractivity contribution in [1.29, 1.82) is 0 Å². The lowest BCUT2D eigenvalue weighted by Crippen LogP contribution is -2.44. The predicted molar refractivity (Wildman–Crippen MR) is 73.4 cm³/mol. The highest BCUT2D eigenvalue weighted by molar-refractivity contribution is 6.04. The van der Waals surface area contributed by atoms with Crippen LogP contribution in [-0.4, -0.2) is 37.0 Å². The van der Waals surface area contributed by atoms with E-state index in [9.17, 15) is 4.79 Å². The lowest BCUT2D eigenvalue weighted by molar-refractivity contribution is 0.112. The number of aryl methyl sites for hydroxylation is 1. The topological polar surface area (TPSA) is 37.3 Å². The van der Waals surface area contributed by atoms with Crippen LogP contribution in [0, 0.1) is 0 Å². The zero-order valence-electron chi connectivity index (χ0n) is 10.5. The summed E-state index contributed by atoms with van der Waals surface area (Å²) < 4.78 is 2.13. The Morgan fingerprint density at radius 1 is 1.22 bits per heavy atom. The van der Waals surface area contributed by atoms with Crippen molar-refractivity contribution in [2.24, 2.45) is 7.05 Å². The molecule has 18 heavy (non-hydrogen) atoms. The van der Waals surface area contributed by atoms with Gasteiger partial charge in [-0.3, -0.25) is 4.79 Å². The number of carbonyl (C=O) groups excluding carboxylic acids is 1. The first kappa shape index (κ1) is 11.3. The highest BCUT2D eigenvalue weighted by atomic mass is 16.1. The number of hydrogen-bond donors (Lipinski definition) is 1. The molecule has 2 heterocycles. The SMILES string of the molecule is Cn1c(N2CCNCC2)c(C=O)c2ccccc21. The van der Waals surface area contributed by atoms with Gasteiger partial charge in [0.15, 0.2) is 6.29 Å². The number of hydrogen-bond acceptors (Lipinski definition) is 3. The summed E-state index contributed by atoms with van der Waals surface area (Å²) in [4.78, 5) is 13.7. The molecule has 1 aromatic carbocycles. The van der Waals surface area contributed by atoms with E-state index in [-0.39, 0.29) is 0 Å². The van der Waals surface area contributed by atoms with E-state index in [1.165, 1.54) is 0 Å². The van der Waals surface area contributed by atoms with Crippen molar-refractivity contribution in [2.75, 3.05) is 31.1 Å². The van der Waals surface area contributed by atoms with Crippen LogP contribution >= 0.6 is 0 Å². The van der Waals surface area contributed by atoms with Gasteiger partial charge in [-0.1, -0.05) is 18.2 Å². The first-order valence-electron chi connectivity index (χ1n) is 6.31. The summed E-state index contributed by atoms with van der Waals surface area (Å²) in [6.45, 7) is 3.84. The molecule has 1 saturated heterocycles. The fourth-order valence-corrected chi connectivity index (χ4v) is 2.78. The molecule has 0 bridgehead atoms. The Balaban J connectivity index is 2.20. The number of piperazine rings is 1. The van der Waals surface area contributed by atoms with E-state index in [1.54, 1.807) is 0 Å². The lowest BCUT2D eigenvalue weighted by atomic mass is 10.2. The van der Waals surface area contributed by atoms with Gasteiger partial charge in [0.2, 0.25) is 0 Å². The second kappa shape index (κ2) is 4.46. The number of para-hydroxylation sites is 1. The quantitative estimate of drug-likeness (QED) is 0.810. The third-order valence-electron chi connectivity index (χ3n) is 3.65. The third-order valence-corrected chi connectivity index (χ3v) is 3.65. The molecule has 1 N–H and O–H groups in total. The summed E-state index contributed by atoms with van der Waals surface area (Å²) in [7, 11) is 2.03. The Morgan fingerprint density at radius 3 is 2.67 bits per heavy atom. The van der Waals surface area contributed by atoms with E-state index < -0.39 is 0 Å². The molecule has 0 atom stereocenters. The molecule has 0 amide bonds. The van der Waals surface area contributed by atoms with Gasteiger partial charge < -0.3 is 14.8 Å². The second-order valence-electron chi connectivity index (χ2n) is 4.67. The molecule has 1 aliphatic rings. The molecule has 4 nitrogen and oxygen atoms in total. The molecule has 4 heteroatoms. The van der Waals surface area contributed by atoms with Crippen LogP contribution in [0.5, 0.6) is 0 Å². The minimum absolute atomic E-state index is 0.815. The van der Waals surface area contributed by atoms with Crippen LogP contribution in [0.1, 0.15) is 10.4 Å². The van der Waals surface area contributed by atoms with Crippen molar-refractivity contribution in [3.05, 3.63) is 29.8 Å². The van der Waals surface area contributed by atoms with Crippen molar-refractivity contribution in [1.82, 2.24) is 9.88 Å². The lowest BCUT2D eigenvalue weighted by Gasteiger charge is -2.30. The molecule has 0 aliphatic carbocycles. The van der Waals surface area contributed by atoms with Crippen molar-refractivity contribution in [2.45, 2.75) is 0 Å². The summed E-state index contributed by atoms with van der Waals surface area (Å²) in [6, 6.07) is 8.08. The van der Waals surface area contributed by atoms with Gasteiger partial charge in [0.05, 0.1) is 11.1 Å². The fraction of sp³-hybridized carbons (Fsp3) is 0.357. The standard InChI is InChI=1S/C14H17N3O/c1-16-13-5-3-2-4-11(13)12(10-18)14(16)17-8-6-15-7-9-17/h2-5,10,15H,6-9H2,1H3. The van der Waals surface area contributed by atoms with Gasteiger partial charge in [0, 0.05) is 38.6 Å². The highest BCUT2D eigenvalue weighted by Gasteiger charge is 2.20. The molecular weight excluding hydrogens is 226 g/mol. The summed E-state index contributed by atoms with van der Waals surface area (Å²) in [5.74, 6) is 1.05. The van der Waals surface area contributed by atoms with Crippen LogP contribution in [0.15, 0.2) is 24.3 Å². The molecule has 0 saturated carbocycles. The number of nitrogens with one attached hydrogen (secondary N) is 1. The number of rotatable bonds is 2. The van der Waals surface area contributed by atoms with Gasteiger partial charge in [0.1, 0.15) is 5.82 Å². The van der Waals surface area contributed by atoms with Crippen LogP contribution in [0.4, 0.5) is 5.82 Å². The molecule has 1 fully saturated rings. The van der Waals surface area contributed by atoms with E-state index in [0.717, 1.165) is 54.7 Å². The van der Waals surface area contributed by atoms with Crippen molar-refractivity contribution >= 4 is 23.0 Å². The van der Waals surface area contributed by atoms with Gasteiger partial charge in [-0.2, -0.15) is 0 Å². The van der Waals surface area contributed by atoms with E-state index in [4.69, 9.17) is 0 Å². The third kappa shape index (κ3) is 1.61. The normalized spacial score (nSPS) is 16.2. The van der Waals surface area contributed by atoms with E-state index in [0.29, 0.717) is 0 Å². The van der Waals surface area contributed by atoms with Gasteiger partial charge >= 0.3 is 0 Å². The minimum atomic E-state index is 0.815. The van der Waals surface area contributed by atoms with Crippen molar-refractivity contribution < 1.29 is 4.79 Å². The summed E-state index contributed by atoms with van der Waals surface area (Å²) in [5, 5.41) is 4.38. The van der Waals surface area contributed by atoms with Crippen LogP contribution in [0.25, 0.3) is 10.9 Å². The van der Waals surface area contributed by atoms with E-state index in [2.05, 4.69) is 20.9 Å². The number of anilines is 1. The minimum Gasteiger partial charge on any atom is -0.355 e. The number of aromatic nitrogens is 1. The summed E-state index contributed by atoms with van der Waals surface area (Å²) in [6.07, 6.45) is 0.986. The fourth-order valence-electron chi connectivity index (χ4n) is 2.78. The van der Waals surface area contributed by atoms with Gasteiger partial charge in [-0.25, -0.2) is 0 Å². The average molecular weight is 243 g/mol. The largest absolute Gasteiger partial charge is 0.355 e. The zero-order valence-corrected chi connectivity index (χ0v) is 10.5. The maximum atomic E-state index is 11.4. The maximum Gasteiger partial charge on any atom is 0.154 e. The second-order valence-corrected chi connectivity index (χ2v) is 4.67. The molecule has 94 valence electrons. The van der Waals surface area contributed by atoms with Gasteiger partial charge in [-0.05, 0) is 6.07 Å².